The van der Waals surface area contributed by atoms with Crippen molar-refractivity contribution in [3.63, 3.8) is 0 Å². The third-order valence-corrected chi connectivity index (χ3v) is 3.25. The Morgan fingerprint density at radius 2 is 2.05 bits per heavy atom. The van der Waals surface area contributed by atoms with Gasteiger partial charge in [0.15, 0.2) is 5.78 Å². The normalized spacial score (nSPS) is 14.9. The number of carbonyl (C=O) groups is 1. The van der Waals surface area contributed by atoms with E-state index in [0.29, 0.717) is 18.7 Å². The number of Topliss-reactive ketones (excluding diaryl/α,β-unsaturated/α-hetero) is 1. The zero-order valence-corrected chi connectivity index (χ0v) is 11.3. The summed E-state index contributed by atoms with van der Waals surface area (Å²) in [5.41, 5.74) is 0.548. The molecule has 2 rings (SSSR count). The van der Waals surface area contributed by atoms with Crippen LogP contribution in [0.1, 0.15) is 23.2 Å². The average molecular weight is 265 g/mol. The second-order valence-electron chi connectivity index (χ2n) is 5.19. The Morgan fingerprint density at radius 3 is 2.68 bits per heavy atom. The molecule has 1 aliphatic rings. The van der Waals surface area contributed by atoms with Crippen LogP contribution >= 0.6 is 0 Å². The van der Waals surface area contributed by atoms with E-state index < -0.39 is 0 Å². The summed E-state index contributed by atoms with van der Waals surface area (Å²) in [6.07, 6.45) is 2.58. The van der Waals surface area contributed by atoms with Gasteiger partial charge in [-0.1, -0.05) is 0 Å². The van der Waals surface area contributed by atoms with Gasteiger partial charge in [0.05, 0.1) is 13.2 Å². The summed E-state index contributed by atoms with van der Waals surface area (Å²) in [5, 5.41) is 0. The van der Waals surface area contributed by atoms with Gasteiger partial charge in [-0.05, 0) is 50.1 Å². The Morgan fingerprint density at radius 1 is 1.37 bits per heavy atom. The molecule has 3 nitrogen and oxygen atoms in total. The molecular weight excluding hydrogens is 245 g/mol. The first-order valence-electron chi connectivity index (χ1n) is 6.70. The Labute approximate surface area is 113 Å². The predicted molar refractivity (Wildman–Crippen MR) is 71.8 cm³/mol. The van der Waals surface area contributed by atoms with E-state index in [2.05, 4.69) is 0 Å². The lowest BCUT2D eigenvalue weighted by Crippen LogP contribution is -2.29. The number of rotatable bonds is 8. The van der Waals surface area contributed by atoms with Crippen molar-refractivity contribution in [1.82, 2.24) is 4.90 Å². The van der Waals surface area contributed by atoms with Gasteiger partial charge in [0, 0.05) is 18.7 Å². The molecule has 0 radical (unpaired) electrons. The van der Waals surface area contributed by atoms with Gasteiger partial charge in [-0.25, -0.2) is 4.39 Å². The molecule has 0 saturated heterocycles. The van der Waals surface area contributed by atoms with Crippen molar-refractivity contribution in [2.75, 3.05) is 33.4 Å². The summed E-state index contributed by atoms with van der Waals surface area (Å²) >= 11 is 0. The smallest absolute Gasteiger partial charge is 0.176 e. The molecule has 104 valence electrons. The molecule has 0 spiro atoms. The van der Waals surface area contributed by atoms with Gasteiger partial charge in [0.1, 0.15) is 5.82 Å². The van der Waals surface area contributed by atoms with Crippen LogP contribution in [-0.4, -0.2) is 44.0 Å². The maximum atomic E-state index is 12.8. The number of hydrogen-bond acceptors (Lipinski definition) is 3. The molecule has 19 heavy (non-hydrogen) atoms. The molecule has 1 aliphatic carbocycles. The van der Waals surface area contributed by atoms with Crippen LogP contribution in [0.15, 0.2) is 24.3 Å². The van der Waals surface area contributed by atoms with Crippen LogP contribution in [0.3, 0.4) is 0 Å². The minimum atomic E-state index is -0.321. The number of halogens is 1. The Hall–Kier alpha value is -1.26. The first kappa shape index (κ1) is 14.2. The topological polar surface area (TPSA) is 29.5 Å². The van der Waals surface area contributed by atoms with Crippen molar-refractivity contribution < 1.29 is 13.9 Å². The third-order valence-electron chi connectivity index (χ3n) is 3.25. The average Bonchev–Trinajstić information content (AvgIpc) is 3.19. The number of likely N-dealkylation sites (N-methyl/N-ethyl adjacent to an activating group) is 1. The first-order chi connectivity index (χ1) is 9.15. The zero-order chi connectivity index (χ0) is 13.7. The quantitative estimate of drug-likeness (QED) is 0.534. The number of carbonyl (C=O) groups excluding carboxylic acids is 1. The van der Waals surface area contributed by atoms with E-state index in [4.69, 9.17) is 4.74 Å². The van der Waals surface area contributed by atoms with Gasteiger partial charge >= 0.3 is 0 Å². The lowest BCUT2D eigenvalue weighted by molar-refractivity contribution is 0.0861. The van der Waals surface area contributed by atoms with Crippen LogP contribution in [0, 0.1) is 11.7 Å². The first-order valence-corrected chi connectivity index (χ1v) is 6.70. The fraction of sp³-hybridized carbons (Fsp3) is 0.533. The number of hydrogen-bond donors (Lipinski definition) is 0. The monoisotopic (exact) mass is 265 g/mol. The lowest BCUT2D eigenvalue weighted by atomic mass is 10.1. The molecule has 0 bridgehead atoms. The van der Waals surface area contributed by atoms with E-state index in [-0.39, 0.29) is 11.6 Å². The van der Waals surface area contributed by atoms with Crippen LogP contribution < -0.4 is 0 Å². The standard InChI is InChI=1S/C15H20FNO2/c1-17(8-9-19-11-12-2-3-12)10-15(18)13-4-6-14(16)7-5-13/h4-7,12H,2-3,8-11H2,1H3. The molecular formula is C15H20FNO2. The molecule has 1 aromatic rings. The molecule has 0 N–H and O–H groups in total. The molecule has 0 aromatic heterocycles. The van der Waals surface area contributed by atoms with Crippen LogP contribution in [0.2, 0.25) is 0 Å². The van der Waals surface area contributed by atoms with Gasteiger partial charge in [0.2, 0.25) is 0 Å². The van der Waals surface area contributed by atoms with Crippen molar-refractivity contribution in [3.05, 3.63) is 35.6 Å². The second-order valence-corrected chi connectivity index (χ2v) is 5.19. The molecule has 1 aromatic carbocycles. The highest BCUT2D eigenvalue weighted by Crippen LogP contribution is 2.28. The third kappa shape index (κ3) is 5.09. The van der Waals surface area contributed by atoms with E-state index in [1.54, 1.807) is 0 Å². The van der Waals surface area contributed by atoms with E-state index in [9.17, 15) is 9.18 Å². The lowest BCUT2D eigenvalue weighted by Gasteiger charge is -2.15. The molecule has 1 saturated carbocycles. The Kier molecular flexibility index (Phi) is 5.05. The largest absolute Gasteiger partial charge is 0.380 e. The molecule has 0 amide bonds. The molecule has 4 heteroatoms. The minimum absolute atomic E-state index is 0.00435. The Balaban J connectivity index is 1.66. The van der Waals surface area contributed by atoms with Crippen molar-refractivity contribution in [1.29, 1.82) is 0 Å². The van der Waals surface area contributed by atoms with Gasteiger partial charge in [-0.2, -0.15) is 0 Å². The second kappa shape index (κ2) is 6.78. The zero-order valence-electron chi connectivity index (χ0n) is 11.3. The molecule has 0 heterocycles. The fourth-order valence-corrected chi connectivity index (χ4v) is 1.81. The van der Waals surface area contributed by atoms with E-state index >= 15 is 0 Å². The van der Waals surface area contributed by atoms with Gasteiger partial charge in [0.25, 0.3) is 0 Å². The maximum absolute atomic E-state index is 12.8. The molecule has 0 unspecified atom stereocenters. The van der Waals surface area contributed by atoms with Crippen molar-refractivity contribution in [2.24, 2.45) is 5.92 Å². The summed E-state index contributed by atoms with van der Waals surface area (Å²) in [7, 11) is 1.89. The summed E-state index contributed by atoms with van der Waals surface area (Å²) < 4.78 is 18.3. The maximum Gasteiger partial charge on any atom is 0.176 e. The Bertz CT molecular complexity index is 415. The van der Waals surface area contributed by atoms with E-state index in [0.717, 1.165) is 19.1 Å². The predicted octanol–water partition coefficient (Wildman–Crippen LogP) is 2.37. The van der Waals surface area contributed by atoms with Crippen LogP contribution in [0.4, 0.5) is 4.39 Å². The molecule has 1 fully saturated rings. The van der Waals surface area contributed by atoms with Gasteiger partial charge in [-0.3, -0.25) is 9.69 Å². The number of benzene rings is 1. The number of ketones is 1. The fourth-order valence-electron chi connectivity index (χ4n) is 1.81. The summed E-state index contributed by atoms with van der Waals surface area (Å²) in [6.45, 7) is 2.57. The number of nitrogens with zero attached hydrogens (tertiary/aromatic N) is 1. The van der Waals surface area contributed by atoms with Crippen LogP contribution in [0.5, 0.6) is 0 Å². The van der Waals surface area contributed by atoms with Gasteiger partial charge < -0.3 is 4.74 Å². The minimum Gasteiger partial charge on any atom is -0.380 e. The summed E-state index contributed by atoms with van der Waals surface area (Å²) in [4.78, 5) is 13.8. The van der Waals surface area contributed by atoms with Crippen molar-refractivity contribution in [2.45, 2.75) is 12.8 Å². The van der Waals surface area contributed by atoms with E-state index in [1.165, 1.54) is 37.1 Å². The number of ether oxygens (including phenoxy) is 1. The van der Waals surface area contributed by atoms with Crippen molar-refractivity contribution >= 4 is 5.78 Å². The highest BCUT2D eigenvalue weighted by atomic mass is 19.1. The van der Waals surface area contributed by atoms with Crippen LogP contribution in [-0.2, 0) is 4.74 Å². The van der Waals surface area contributed by atoms with Gasteiger partial charge in [-0.15, -0.1) is 0 Å². The summed E-state index contributed by atoms with van der Waals surface area (Å²) in [5.74, 6) is 0.453. The highest BCUT2D eigenvalue weighted by molar-refractivity contribution is 5.97. The van der Waals surface area contributed by atoms with E-state index in [1.807, 2.05) is 11.9 Å². The highest BCUT2D eigenvalue weighted by Gasteiger charge is 2.21. The summed E-state index contributed by atoms with van der Waals surface area (Å²) in [6, 6.07) is 5.67. The molecule has 0 aliphatic heterocycles. The van der Waals surface area contributed by atoms with Crippen LogP contribution in [0.25, 0.3) is 0 Å². The SMILES string of the molecule is CN(CCOCC1CC1)CC(=O)c1ccc(F)cc1. The molecule has 0 atom stereocenters. The van der Waals surface area contributed by atoms with Crippen molar-refractivity contribution in [3.8, 4) is 0 Å².